The summed E-state index contributed by atoms with van der Waals surface area (Å²) in [5.41, 5.74) is 1.25. The van der Waals surface area contributed by atoms with Gasteiger partial charge in [-0.2, -0.15) is 0 Å². The highest BCUT2D eigenvalue weighted by Crippen LogP contribution is 2.25. The molecule has 1 unspecified atom stereocenters. The zero-order valence-corrected chi connectivity index (χ0v) is 18.1. The zero-order chi connectivity index (χ0) is 21.1. The Morgan fingerprint density at radius 1 is 1.07 bits per heavy atom. The van der Waals surface area contributed by atoms with Crippen LogP contribution in [-0.4, -0.2) is 44.2 Å². The van der Waals surface area contributed by atoms with E-state index in [4.69, 9.17) is 4.74 Å². The summed E-state index contributed by atoms with van der Waals surface area (Å²) >= 11 is 0. The molecule has 0 aromatic heterocycles. The van der Waals surface area contributed by atoms with Crippen molar-refractivity contribution in [1.29, 1.82) is 0 Å². The summed E-state index contributed by atoms with van der Waals surface area (Å²) in [6, 6.07) is 15.9. The number of sulfone groups is 1. The highest BCUT2D eigenvalue weighted by molar-refractivity contribution is 7.91. The minimum atomic E-state index is -3.43. The number of ether oxygens (including phenoxy) is 1. The summed E-state index contributed by atoms with van der Waals surface area (Å²) in [5.74, 6) is 0.415. The van der Waals surface area contributed by atoms with Crippen LogP contribution in [0.5, 0.6) is 5.75 Å². The quantitative estimate of drug-likeness (QED) is 0.719. The lowest BCUT2D eigenvalue weighted by molar-refractivity contribution is -0.133. The van der Waals surface area contributed by atoms with Crippen LogP contribution in [0.2, 0.25) is 0 Å². The monoisotopic (exact) mass is 415 g/mol. The topological polar surface area (TPSA) is 63.7 Å². The fourth-order valence-corrected chi connectivity index (χ4v) is 5.21. The highest BCUT2D eigenvalue weighted by Gasteiger charge is 2.33. The first-order valence-corrected chi connectivity index (χ1v) is 11.6. The van der Waals surface area contributed by atoms with Gasteiger partial charge in [0.2, 0.25) is 0 Å². The fourth-order valence-electron chi connectivity index (χ4n) is 3.59. The molecule has 1 aliphatic rings. The lowest BCUT2D eigenvalue weighted by atomic mass is 9.87. The van der Waals surface area contributed by atoms with Gasteiger partial charge < -0.3 is 9.64 Å². The number of hydrogen-bond acceptors (Lipinski definition) is 4. The van der Waals surface area contributed by atoms with Gasteiger partial charge in [0.25, 0.3) is 5.91 Å². The summed E-state index contributed by atoms with van der Waals surface area (Å²) in [6.07, 6.45) is 1.50. The van der Waals surface area contributed by atoms with Crippen molar-refractivity contribution in [2.45, 2.75) is 50.0 Å². The number of carbonyl (C=O) groups is 1. The zero-order valence-electron chi connectivity index (χ0n) is 17.3. The van der Waals surface area contributed by atoms with Gasteiger partial charge in [-0.25, -0.2) is 8.42 Å². The fraction of sp³-hybridized carbons (Fsp3) is 0.435. The first-order valence-electron chi connectivity index (χ1n) is 9.97. The van der Waals surface area contributed by atoms with Crippen molar-refractivity contribution in [1.82, 2.24) is 4.90 Å². The maximum Gasteiger partial charge on any atom is 0.260 e. The van der Waals surface area contributed by atoms with E-state index in [0.717, 1.165) is 6.42 Å². The van der Waals surface area contributed by atoms with Crippen molar-refractivity contribution < 1.29 is 17.9 Å². The van der Waals surface area contributed by atoms with Crippen molar-refractivity contribution in [2.24, 2.45) is 0 Å². The summed E-state index contributed by atoms with van der Waals surface area (Å²) in [5, 5.41) is 0. The maximum absolute atomic E-state index is 12.7. The van der Waals surface area contributed by atoms with Gasteiger partial charge in [-0.1, -0.05) is 51.1 Å². The molecule has 0 spiro atoms. The molecule has 1 atom stereocenters. The smallest absolute Gasteiger partial charge is 0.260 e. The molecule has 2 aromatic carbocycles. The maximum atomic E-state index is 12.7. The molecule has 1 fully saturated rings. The van der Waals surface area contributed by atoms with E-state index in [0.29, 0.717) is 23.6 Å². The Bertz CT molecular complexity index is 931. The Morgan fingerprint density at radius 2 is 1.72 bits per heavy atom. The van der Waals surface area contributed by atoms with Crippen LogP contribution in [0.25, 0.3) is 0 Å². The van der Waals surface area contributed by atoms with Gasteiger partial charge in [0.05, 0.1) is 10.6 Å². The van der Waals surface area contributed by atoms with Gasteiger partial charge in [0.15, 0.2) is 16.4 Å². The van der Waals surface area contributed by atoms with Gasteiger partial charge in [-0.05, 0) is 48.1 Å². The molecular formula is C23H29NO4S. The van der Waals surface area contributed by atoms with E-state index in [1.807, 2.05) is 24.3 Å². The SMILES string of the molecule is CC(C)(C)c1ccc(OCC(=O)N2CCCC2CS(=O)(=O)c2ccccc2)cc1. The molecule has 156 valence electrons. The van der Waals surface area contributed by atoms with Crippen LogP contribution in [0.15, 0.2) is 59.5 Å². The number of amides is 1. The summed E-state index contributed by atoms with van der Waals surface area (Å²) in [4.78, 5) is 14.6. The van der Waals surface area contributed by atoms with E-state index < -0.39 is 9.84 Å². The van der Waals surface area contributed by atoms with E-state index in [9.17, 15) is 13.2 Å². The van der Waals surface area contributed by atoms with Crippen molar-refractivity contribution in [2.75, 3.05) is 18.9 Å². The van der Waals surface area contributed by atoms with E-state index in [2.05, 4.69) is 20.8 Å². The van der Waals surface area contributed by atoms with Crippen LogP contribution < -0.4 is 4.74 Å². The second-order valence-electron chi connectivity index (χ2n) is 8.54. The van der Waals surface area contributed by atoms with Crippen LogP contribution in [0.3, 0.4) is 0 Å². The Balaban J connectivity index is 1.60. The van der Waals surface area contributed by atoms with Gasteiger partial charge >= 0.3 is 0 Å². The average Bonchev–Trinajstić information content (AvgIpc) is 3.14. The van der Waals surface area contributed by atoms with Crippen LogP contribution in [-0.2, 0) is 20.0 Å². The van der Waals surface area contributed by atoms with E-state index in [-0.39, 0.29) is 29.7 Å². The van der Waals surface area contributed by atoms with E-state index in [1.54, 1.807) is 35.2 Å². The first kappa shape index (κ1) is 21.4. The van der Waals surface area contributed by atoms with Crippen molar-refractivity contribution in [3.8, 4) is 5.75 Å². The second-order valence-corrected chi connectivity index (χ2v) is 10.6. The lowest BCUT2D eigenvalue weighted by Gasteiger charge is -2.25. The summed E-state index contributed by atoms with van der Waals surface area (Å²) in [6.45, 7) is 6.91. The molecule has 0 aliphatic carbocycles. The number of likely N-dealkylation sites (tertiary alicyclic amines) is 1. The molecule has 29 heavy (non-hydrogen) atoms. The first-order chi connectivity index (χ1) is 13.7. The summed E-state index contributed by atoms with van der Waals surface area (Å²) in [7, 11) is -3.43. The average molecular weight is 416 g/mol. The van der Waals surface area contributed by atoms with Crippen molar-refractivity contribution >= 4 is 15.7 Å². The predicted octanol–water partition coefficient (Wildman–Crippen LogP) is 3.83. The molecule has 1 aliphatic heterocycles. The van der Waals surface area contributed by atoms with Gasteiger partial charge in [-0.3, -0.25) is 4.79 Å². The molecule has 0 radical (unpaired) electrons. The standard InChI is InChI=1S/C23H29NO4S/c1-23(2,3)18-11-13-20(14-12-18)28-16-22(25)24-15-7-8-19(24)17-29(26,27)21-9-5-4-6-10-21/h4-6,9-14,19H,7-8,15-17H2,1-3H3. The number of nitrogens with zero attached hydrogens (tertiary/aromatic N) is 1. The molecule has 6 heteroatoms. The number of carbonyl (C=O) groups excluding carboxylic acids is 1. The van der Waals surface area contributed by atoms with Crippen LogP contribution in [0, 0.1) is 0 Å². The third-order valence-electron chi connectivity index (χ3n) is 5.29. The molecule has 1 heterocycles. The van der Waals surface area contributed by atoms with Crippen LogP contribution in [0.4, 0.5) is 0 Å². The number of benzene rings is 2. The second kappa shape index (κ2) is 8.57. The Morgan fingerprint density at radius 3 is 2.34 bits per heavy atom. The molecule has 1 amide bonds. The number of rotatable bonds is 6. The molecule has 0 bridgehead atoms. The van der Waals surface area contributed by atoms with E-state index >= 15 is 0 Å². The number of hydrogen-bond donors (Lipinski definition) is 0. The largest absolute Gasteiger partial charge is 0.484 e. The predicted molar refractivity (Wildman–Crippen MR) is 114 cm³/mol. The molecule has 0 saturated carbocycles. The Hall–Kier alpha value is -2.34. The molecule has 3 rings (SSSR count). The van der Waals surface area contributed by atoms with E-state index in [1.165, 1.54) is 5.56 Å². The molecule has 1 saturated heterocycles. The minimum Gasteiger partial charge on any atom is -0.484 e. The van der Waals surface area contributed by atoms with Gasteiger partial charge in [0.1, 0.15) is 5.75 Å². The van der Waals surface area contributed by atoms with Gasteiger partial charge in [-0.15, -0.1) is 0 Å². The molecule has 0 N–H and O–H groups in total. The van der Waals surface area contributed by atoms with Crippen molar-refractivity contribution in [3.05, 3.63) is 60.2 Å². The van der Waals surface area contributed by atoms with Crippen LogP contribution >= 0.6 is 0 Å². The highest BCUT2D eigenvalue weighted by atomic mass is 32.2. The van der Waals surface area contributed by atoms with Gasteiger partial charge in [0, 0.05) is 12.6 Å². The lowest BCUT2D eigenvalue weighted by Crippen LogP contribution is -2.42. The summed E-state index contributed by atoms with van der Waals surface area (Å²) < 4.78 is 31.0. The molecular weight excluding hydrogens is 386 g/mol. The Kier molecular flexibility index (Phi) is 6.32. The Labute approximate surface area is 173 Å². The minimum absolute atomic E-state index is 0.0525. The third kappa shape index (κ3) is 5.38. The molecule has 2 aromatic rings. The van der Waals surface area contributed by atoms with Crippen LogP contribution in [0.1, 0.15) is 39.2 Å². The normalized spacial score (nSPS) is 17.3. The van der Waals surface area contributed by atoms with Crippen molar-refractivity contribution in [3.63, 3.8) is 0 Å². The third-order valence-corrected chi connectivity index (χ3v) is 7.11. The molecule has 5 nitrogen and oxygen atoms in total.